The Morgan fingerprint density at radius 1 is 1.03 bits per heavy atom. The van der Waals surface area contributed by atoms with Crippen LogP contribution in [0, 0.1) is 6.92 Å². The topological polar surface area (TPSA) is 104 Å². The second-order valence-corrected chi connectivity index (χ2v) is 8.47. The lowest BCUT2D eigenvalue weighted by molar-refractivity contribution is -0.114. The summed E-state index contributed by atoms with van der Waals surface area (Å²) >= 11 is 1.22. The van der Waals surface area contributed by atoms with Gasteiger partial charge in [-0.05, 0) is 35.7 Å². The number of rotatable bonds is 6. The van der Waals surface area contributed by atoms with Gasteiger partial charge in [0.1, 0.15) is 10.7 Å². The van der Waals surface area contributed by atoms with Crippen LogP contribution in [-0.2, 0) is 17.8 Å². The van der Waals surface area contributed by atoms with Gasteiger partial charge < -0.3 is 15.6 Å². The van der Waals surface area contributed by atoms with Crippen LogP contribution in [0.5, 0.6) is 0 Å². The van der Waals surface area contributed by atoms with E-state index in [-0.39, 0.29) is 17.4 Å². The smallest absolute Gasteiger partial charge is 0.261 e. The number of thiophene rings is 1. The summed E-state index contributed by atoms with van der Waals surface area (Å²) in [5.41, 5.74) is 3.04. The van der Waals surface area contributed by atoms with E-state index in [9.17, 15) is 14.4 Å². The fourth-order valence-corrected chi connectivity index (χ4v) is 4.57. The Balaban J connectivity index is 1.51. The van der Waals surface area contributed by atoms with Gasteiger partial charge in [0.05, 0.1) is 10.3 Å². The molecule has 0 fully saturated rings. The van der Waals surface area contributed by atoms with Crippen LogP contribution >= 0.6 is 11.3 Å². The molecule has 0 bridgehead atoms. The highest BCUT2D eigenvalue weighted by Gasteiger charge is 2.19. The molecule has 2 heterocycles. The number of H-pyrrole nitrogens is 1. The molecule has 0 atom stereocenters. The minimum absolute atomic E-state index is 0.137. The molecule has 8 heteroatoms. The van der Waals surface area contributed by atoms with Crippen LogP contribution in [0.15, 0.2) is 59.4 Å². The fraction of sp³-hybridized carbons (Fsp3) is 0.167. The zero-order valence-corrected chi connectivity index (χ0v) is 18.5. The molecule has 4 aromatic rings. The molecule has 32 heavy (non-hydrogen) atoms. The predicted octanol–water partition coefficient (Wildman–Crippen LogP) is 3.77. The van der Waals surface area contributed by atoms with Crippen molar-refractivity contribution in [1.29, 1.82) is 0 Å². The summed E-state index contributed by atoms with van der Waals surface area (Å²) < 4.78 is 0. The molecule has 2 amide bonds. The minimum atomic E-state index is -0.250. The maximum Gasteiger partial charge on any atom is 0.261 e. The van der Waals surface area contributed by atoms with Crippen LogP contribution in [-0.4, -0.2) is 21.8 Å². The van der Waals surface area contributed by atoms with E-state index in [4.69, 9.17) is 0 Å². The minimum Gasteiger partial charge on any atom is -0.347 e. The van der Waals surface area contributed by atoms with Crippen molar-refractivity contribution >= 4 is 39.1 Å². The number of carbonyl (C=O) groups excluding carboxylic acids is 2. The van der Waals surface area contributed by atoms with Gasteiger partial charge in [-0.2, -0.15) is 0 Å². The lowest BCUT2D eigenvalue weighted by atomic mass is 10.1. The van der Waals surface area contributed by atoms with Gasteiger partial charge in [-0.3, -0.25) is 14.4 Å². The summed E-state index contributed by atoms with van der Waals surface area (Å²) in [6, 6.07) is 17.0. The highest BCUT2D eigenvalue weighted by Crippen LogP contribution is 2.27. The molecular weight excluding hydrogens is 424 g/mol. The molecule has 162 valence electrons. The first-order valence-corrected chi connectivity index (χ1v) is 10.9. The molecule has 7 nitrogen and oxygen atoms in total. The molecule has 0 saturated carbocycles. The maximum absolute atomic E-state index is 12.8. The van der Waals surface area contributed by atoms with E-state index in [1.54, 1.807) is 19.1 Å². The van der Waals surface area contributed by atoms with Gasteiger partial charge in [-0.15, -0.1) is 11.3 Å². The number of amides is 2. The summed E-state index contributed by atoms with van der Waals surface area (Å²) in [4.78, 5) is 45.1. The van der Waals surface area contributed by atoms with E-state index in [0.29, 0.717) is 45.1 Å². The van der Waals surface area contributed by atoms with Crippen molar-refractivity contribution in [3.05, 3.63) is 92.3 Å². The lowest BCUT2D eigenvalue weighted by Crippen LogP contribution is -2.22. The van der Waals surface area contributed by atoms with Gasteiger partial charge in [-0.1, -0.05) is 42.5 Å². The number of nitrogens with zero attached hydrogens (tertiary/aromatic N) is 1. The Kier molecular flexibility index (Phi) is 6.13. The summed E-state index contributed by atoms with van der Waals surface area (Å²) in [6.45, 7) is 3.55. The van der Waals surface area contributed by atoms with Gasteiger partial charge >= 0.3 is 0 Å². The van der Waals surface area contributed by atoms with E-state index in [1.165, 1.54) is 18.3 Å². The normalized spacial score (nSPS) is 10.8. The standard InChI is InChI=1S/C24H22N4O3S/c1-14-20-22(30)27-19(12-16-6-4-3-5-7-16)28-24(20)32-21(14)23(31)25-13-17-8-10-18(11-9-17)26-15(2)29/h3-11H,12-13H2,1-2H3,(H,25,31)(H,26,29)(H,27,28,30). The average molecular weight is 447 g/mol. The van der Waals surface area contributed by atoms with Gasteiger partial charge in [0.25, 0.3) is 11.5 Å². The second-order valence-electron chi connectivity index (χ2n) is 7.47. The first kappa shape index (κ1) is 21.5. The Labute approximate surface area is 188 Å². The Hall–Kier alpha value is -3.78. The number of hydrogen-bond acceptors (Lipinski definition) is 5. The third-order valence-corrected chi connectivity index (χ3v) is 6.18. The van der Waals surface area contributed by atoms with Gasteiger partial charge in [0, 0.05) is 25.6 Å². The van der Waals surface area contributed by atoms with Crippen LogP contribution in [0.3, 0.4) is 0 Å². The molecule has 2 aromatic carbocycles. The van der Waals surface area contributed by atoms with E-state index in [0.717, 1.165) is 11.1 Å². The first-order valence-electron chi connectivity index (χ1n) is 10.1. The molecule has 0 radical (unpaired) electrons. The number of aromatic nitrogens is 2. The molecule has 3 N–H and O–H groups in total. The van der Waals surface area contributed by atoms with Crippen LogP contribution in [0.25, 0.3) is 10.2 Å². The van der Waals surface area contributed by atoms with E-state index in [1.807, 2.05) is 42.5 Å². The third kappa shape index (κ3) is 4.76. The Morgan fingerprint density at radius 2 is 1.75 bits per heavy atom. The monoisotopic (exact) mass is 446 g/mol. The zero-order chi connectivity index (χ0) is 22.7. The number of fused-ring (bicyclic) bond motifs is 1. The van der Waals surface area contributed by atoms with Crippen LogP contribution < -0.4 is 16.2 Å². The highest BCUT2D eigenvalue weighted by atomic mass is 32.1. The van der Waals surface area contributed by atoms with Crippen LogP contribution in [0.2, 0.25) is 0 Å². The molecule has 0 spiro atoms. The van der Waals surface area contributed by atoms with Crippen molar-refractivity contribution in [2.24, 2.45) is 0 Å². The highest BCUT2D eigenvalue weighted by molar-refractivity contribution is 7.20. The van der Waals surface area contributed by atoms with Crippen molar-refractivity contribution in [2.45, 2.75) is 26.8 Å². The molecule has 0 aliphatic heterocycles. The summed E-state index contributed by atoms with van der Waals surface area (Å²) in [5, 5.41) is 6.06. The van der Waals surface area contributed by atoms with Crippen molar-refractivity contribution in [1.82, 2.24) is 15.3 Å². The number of benzene rings is 2. The largest absolute Gasteiger partial charge is 0.347 e. The van der Waals surface area contributed by atoms with Crippen molar-refractivity contribution < 1.29 is 9.59 Å². The zero-order valence-electron chi connectivity index (χ0n) is 17.7. The maximum atomic E-state index is 12.8. The average Bonchev–Trinajstić information content (AvgIpc) is 3.10. The molecule has 4 rings (SSSR count). The number of nitrogens with one attached hydrogen (secondary N) is 3. The van der Waals surface area contributed by atoms with Crippen molar-refractivity contribution in [3.8, 4) is 0 Å². The molecule has 0 aliphatic carbocycles. The van der Waals surface area contributed by atoms with Gasteiger partial charge in [0.15, 0.2) is 0 Å². The van der Waals surface area contributed by atoms with Gasteiger partial charge in [-0.25, -0.2) is 4.98 Å². The Bertz CT molecular complexity index is 1340. The summed E-state index contributed by atoms with van der Waals surface area (Å²) in [6.07, 6.45) is 0.513. The predicted molar refractivity (Wildman–Crippen MR) is 126 cm³/mol. The number of aryl methyl sites for hydroxylation is 1. The third-order valence-electron chi connectivity index (χ3n) is 5.00. The number of anilines is 1. The first-order chi connectivity index (χ1) is 15.4. The molecule has 0 aliphatic rings. The lowest BCUT2D eigenvalue weighted by Gasteiger charge is -2.06. The van der Waals surface area contributed by atoms with Crippen molar-refractivity contribution in [2.75, 3.05) is 5.32 Å². The molecule has 0 unspecified atom stereocenters. The van der Waals surface area contributed by atoms with Crippen molar-refractivity contribution in [3.63, 3.8) is 0 Å². The van der Waals surface area contributed by atoms with Gasteiger partial charge in [0.2, 0.25) is 5.91 Å². The quantitative estimate of drug-likeness (QED) is 0.419. The number of hydrogen-bond donors (Lipinski definition) is 3. The second kappa shape index (κ2) is 9.15. The van der Waals surface area contributed by atoms with E-state index >= 15 is 0 Å². The molecular formula is C24H22N4O3S. The summed E-state index contributed by atoms with van der Waals surface area (Å²) in [7, 11) is 0. The number of aromatic amines is 1. The molecule has 0 saturated heterocycles. The van der Waals surface area contributed by atoms with Crippen LogP contribution in [0.1, 0.15) is 39.1 Å². The number of carbonyl (C=O) groups is 2. The molecule has 2 aromatic heterocycles. The fourth-order valence-electron chi connectivity index (χ4n) is 3.45. The van der Waals surface area contributed by atoms with E-state index in [2.05, 4.69) is 20.6 Å². The SMILES string of the molecule is CC(=O)Nc1ccc(CNC(=O)c2sc3nc(Cc4ccccc4)[nH]c(=O)c3c2C)cc1. The van der Waals surface area contributed by atoms with E-state index < -0.39 is 0 Å². The Morgan fingerprint density at radius 3 is 2.44 bits per heavy atom. The summed E-state index contributed by atoms with van der Waals surface area (Å²) in [5.74, 6) is 0.184. The van der Waals surface area contributed by atoms with Crippen LogP contribution in [0.4, 0.5) is 5.69 Å².